The summed E-state index contributed by atoms with van der Waals surface area (Å²) in [7, 11) is 2.21. The van der Waals surface area contributed by atoms with E-state index in [-0.39, 0.29) is 6.10 Å². The topological polar surface area (TPSA) is 26.7 Å². The highest BCUT2D eigenvalue weighted by atomic mass is 16.3. The van der Waals surface area contributed by atoms with Crippen LogP contribution in [0.3, 0.4) is 0 Å². The van der Waals surface area contributed by atoms with Crippen LogP contribution < -0.4 is 0 Å². The van der Waals surface area contributed by atoms with E-state index in [2.05, 4.69) is 23.8 Å². The molecule has 0 aliphatic carbocycles. The summed E-state index contributed by atoms with van der Waals surface area (Å²) in [5.41, 5.74) is 0. The van der Waals surface area contributed by atoms with Crippen molar-refractivity contribution >= 4 is 0 Å². The van der Waals surface area contributed by atoms with Gasteiger partial charge in [0, 0.05) is 18.6 Å². The van der Waals surface area contributed by atoms with Gasteiger partial charge >= 0.3 is 0 Å². The van der Waals surface area contributed by atoms with E-state index in [1.165, 1.54) is 45.3 Å². The van der Waals surface area contributed by atoms with Crippen LogP contribution in [0.25, 0.3) is 0 Å². The summed E-state index contributed by atoms with van der Waals surface area (Å²) in [6.07, 6.45) is 5.88. The number of fused-ring (bicyclic) bond motifs is 1. The molecule has 0 aromatic heterocycles. The normalized spacial score (nSPS) is 35.6. The second-order valence-corrected chi connectivity index (χ2v) is 5.50. The number of rotatable bonds is 4. The van der Waals surface area contributed by atoms with Gasteiger partial charge in [-0.2, -0.15) is 0 Å². The minimum Gasteiger partial charge on any atom is -0.391 e. The van der Waals surface area contributed by atoms with Gasteiger partial charge in [-0.1, -0.05) is 13.3 Å². The maximum atomic E-state index is 10.2. The SMILES string of the molecule is CCCCN(C)[C@@H]1CC(O)C2CCCN2C1. The third-order valence-corrected chi connectivity index (χ3v) is 4.30. The van der Waals surface area contributed by atoms with E-state index in [9.17, 15) is 5.11 Å². The summed E-state index contributed by atoms with van der Waals surface area (Å²) in [5.74, 6) is 0. The zero-order valence-electron chi connectivity index (χ0n) is 10.7. The largest absolute Gasteiger partial charge is 0.391 e. The summed E-state index contributed by atoms with van der Waals surface area (Å²) >= 11 is 0. The molecule has 1 N–H and O–H groups in total. The van der Waals surface area contributed by atoms with E-state index in [0.717, 1.165) is 6.42 Å². The monoisotopic (exact) mass is 226 g/mol. The van der Waals surface area contributed by atoms with Crippen LogP contribution >= 0.6 is 0 Å². The van der Waals surface area contributed by atoms with E-state index in [1.54, 1.807) is 0 Å². The lowest BCUT2D eigenvalue weighted by Crippen LogP contribution is -2.54. The molecule has 0 bridgehead atoms. The van der Waals surface area contributed by atoms with Crippen molar-refractivity contribution in [2.75, 3.05) is 26.7 Å². The predicted octanol–water partition coefficient (Wildman–Crippen LogP) is 1.32. The summed E-state index contributed by atoms with van der Waals surface area (Å²) < 4.78 is 0. The van der Waals surface area contributed by atoms with Crippen molar-refractivity contribution in [1.82, 2.24) is 9.80 Å². The van der Waals surface area contributed by atoms with Crippen LogP contribution in [0, 0.1) is 0 Å². The Kier molecular flexibility index (Phi) is 4.22. The number of hydrogen-bond acceptors (Lipinski definition) is 3. The fraction of sp³-hybridized carbons (Fsp3) is 1.00. The average molecular weight is 226 g/mol. The van der Waals surface area contributed by atoms with Gasteiger partial charge in [0.25, 0.3) is 0 Å². The number of nitrogens with zero attached hydrogens (tertiary/aromatic N) is 2. The number of likely N-dealkylation sites (N-methyl/N-ethyl adjacent to an activating group) is 1. The first kappa shape index (κ1) is 12.3. The predicted molar refractivity (Wildman–Crippen MR) is 66.5 cm³/mol. The van der Waals surface area contributed by atoms with Crippen molar-refractivity contribution in [2.45, 2.75) is 57.2 Å². The van der Waals surface area contributed by atoms with Gasteiger partial charge in [0.2, 0.25) is 0 Å². The molecule has 2 aliphatic rings. The standard InChI is InChI=1S/C13H26N2O/c1-3-4-7-14(2)11-9-13(16)12-6-5-8-15(12)10-11/h11-13,16H,3-10H2,1-2H3/t11-,12?,13?/m1/s1. The van der Waals surface area contributed by atoms with Crippen molar-refractivity contribution in [3.8, 4) is 0 Å². The molecule has 2 aliphatic heterocycles. The minimum absolute atomic E-state index is 0.0923. The quantitative estimate of drug-likeness (QED) is 0.783. The van der Waals surface area contributed by atoms with E-state index < -0.39 is 0 Å². The molecule has 0 radical (unpaired) electrons. The number of aliphatic hydroxyl groups is 1. The number of hydrogen-bond donors (Lipinski definition) is 1. The van der Waals surface area contributed by atoms with Crippen LogP contribution in [-0.2, 0) is 0 Å². The Balaban J connectivity index is 1.87. The molecule has 2 rings (SSSR count). The summed E-state index contributed by atoms with van der Waals surface area (Å²) in [4.78, 5) is 4.95. The van der Waals surface area contributed by atoms with Crippen molar-refractivity contribution < 1.29 is 5.11 Å². The Morgan fingerprint density at radius 2 is 2.25 bits per heavy atom. The molecule has 0 amide bonds. The molecule has 0 saturated carbocycles. The third kappa shape index (κ3) is 2.58. The fourth-order valence-electron chi connectivity index (χ4n) is 3.20. The highest BCUT2D eigenvalue weighted by Gasteiger charge is 2.38. The third-order valence-electron chi connectivity index (χ3n) is 4.30. The molecule has 2 fully saturated rings. The van der Waals surface area contributed by atoms with Gasteiger partial charge in [-0.25, -0.2) is 0 Å². The van der Waals surface area contributed by atoms with E-state index in [1.807, 2.05) is 0 Å². The lowest BCUT2D eigenvalue weighted by molar-refractivity contribution is -0.00897. The smallest absolute Gasteiger partial charge is 0.0710 e. The van der Waals surface area contributed by atoms with E-state index in [0.29, 0.717) is 12.1 Å². The Labute approximate surface area is 99.4 Å². The van der Waals surface area contributed by atoms with Gasteiger partial charge in [0.1, 0.15) is 0 Å². The lowest BCUT2D eigenvalue weighted by atomic mass is 9.95. The Bertz CT molecular complexity index is 222. The van der Waals surface area contributed by atoms with Gasteiger partial charge in [-0.3, -0.25) is 4.90 Å². The van der Waals surface area contributed by atoms with Gasteiger partial charge in [0.05, 0.1) is 6.10 Å². The molecule has 3 atom stereocenters. The van der Waals surface area contributed by atoms with Crippen molar-refractivity contribution in [3.05, 3.63) is 0 Å². The maximum absolute atomic E-state index is 10.2. The van der Waals surface area contributed by atoms with Crippen molar-refractivity contribution in [3.63, 3.8) is 0 Å². The fourth-order valence-corrected chi connectivity index (χ4v) is 3.20. The van der Waals surface area contributed by atoms with Gasteiger partial charge < -0.3 is 10.0 Å². The molecular formula is C13H26N2O. The molecule has 0 aromatic rings. The molecule has 0 spiro atoms. The maximum Gasteiger partial charge on any atom is 0.0710 e. The highest BCUT2D eigenvalue weighted by molar-refractivity contribution is 4.94. The summed E-state index contributed by atoms with van der Waals surface area (Å²) in [6, 6.07) is 1.03. The van der Waals surface area contributed by atoms with E-state index in [4.69, 9.17) is 0 Å². The van der Waals surface area contributed by atoms with Crippen molar-refractivity contribution in [1.29, 1.82) is 0 Å². The molecule has 2 heterocycles. The Hall–Kier alpha value is -0.120. The van der Waals surface area contributed by atoms with Gasteiger partial charge in [-0.15, -0.1) is 0 Å². The molecule has 94 valence electrons. The first-order valence-electron chi connectivity index (χ1n) is 6.84. The van der Waals surface area contributed by atoms with Gasteiger partial charge in [-0.05, 0) is 45.8 Å². The number of unbranched alkanes of at least 4 members (excludes halogenated alkanes) is 1. The minimum atomic E-state index is -0.0923. The zero-order chi connectivity index (χ0) is 11.5. The Morgan fingerprint density at radius 3 is 3.00 bits per heavy atom. The molecule has 3 nitrogen and oxygen atoms in total. The molecule has 0 aromatic carbocycles. The van der Waals surface area contributed by atoms with Crippen LogP contribution in [-0.4, -0.2) is 59.8 Å². The Morgan fingerprint density at radius 1 is 1.44 bits per heavy atom. The second-order valence-electron chi connectivity index (χ2n) is 5.50. The van der Waals surface area contributed by atoms with Crippen LogP contribution in [0.5, 0.6) is 0 Å². The first-order chi connectivity index (χ1) is 7.72. The van der Waals surface area contributed by atoms with E-state index >= 15 is 0 Å². The second kappa shape index (κ2) is 5.48. The van der Waals surface area contributed by atoms with Crippen molar-refractivity contribution in [2.24, 2.45) is 0 Å². The molecule has 16 heavy (non-hydrogen) atoms. The van der Waals surface area contributed by atoms with Crippen LogP contribution in [0.2, 0.25) is 0 Å². The number of aliphatic hydroxyl groups excluding tert-OH is 1. The zero-order valence-corrected chi connectivity index (χ0v) is 10.7. The summed E-state index contributed by atoms with van der Waals surface area (Å²) in [5, 5.41) is 10.2. The lowest BCUT2D eigenvalue weighted by Gasteiger charge is -2.42. The molecule has 2 saturated heterocycles. The highest BCUT2D eigenvalue weighted by Crippen LogP contribution is 2.28. The summed E-state index contributed by atoms with van der Waals surface area (Å²) in [6.45, 7) is 5.77. The molecule has 2 unspecified atom stereocenters. The van der Waals surface area contributed by atoms with Crippen LogP contribution in [0.15, 0.2) is 0 Å². The van der Waals surface area contributed by atoms with Crippen LogP contribution in [0.1, 0.15) is 39.0 Å². The first-order valence-corrected chi connectivity index (χ1v) is 6.84. The van der Waals surface area contributed by atoms with Crippen LogP contribution in [0.4, 0.5) is 0 Å². The van der Waals surface area contributed by atoms with Gasteiger partial charge in [0.15, 0.2) is 0 Å². The molecule has 3 heteroatoms. The number of piperidine rings is 1. The average Bonchev–Trinajstić information content (AvgIpc) is 2.74. The molecular weight excluding hydrogens is 200 g/mol.